The lowest BCUT2D eigenvalue weighted by Gasteiger charge is -2.37. The van der Waals surface area contributed by atoms with E-state index in [1.165, 1.54) is 89.9 Å². The van der Waals surface area contributed by atoms with E-state index in [-0.39, 0.29) is 18.4 Å². The second kappa shape index (κ2) is 11.3. The van der Waals surface area contributed by atoms with E-state index in [4.69, 9.17) is 5.53 Å². The molecule has 17 unspecified atom stereocenters. The summed E-state index contributed by atoms with van der Waals surface area (Å²) < 4.78 is 0. The minimum Gasteiger partial charge on any atom is -0.286 e. The van der Waals surface area contributed by atoms with Gasteiger partial charge < -0.3 is 0 Å². The van der Waals surface area contributed by atoms with Crippen LogP contribution in [0.3, 0.4) is 0 Å². The second-order valence-corrected chi connectivity index (χ2v) is 15.9. The van der Waals surface area contributed by atoms with Crippen LogP contribution in [0.2, 0.25) is 0 Å². The highest BCUT2D eigenvalue weighted by molar-refractivity contribution is 5.09. The average molecular weight is 581 g/mol. The molecule has 9 fully saturated rings. The topological polar surface area (TPSA) is 132 Å². The molecule has 5 saturated heterocycles. The molecule has 0 aromatic carbocycles. The third-order valence-electron chi connectivity index (χ3n) is 14.0. The maximum Gasteiger partial charge on any atom is 0.0765 e. The summed E-state index contributed by atoms with van der Waals surface area (Å²) in [6.45, 7) is 0. The van der Waals surface area contributed by atoms with Gasteiger partial charge in [-0.15, -0.1) is 0 Å². The molecule has 42 heavy (non-hydrogen) atoms. The molecule has 0 amide bonds. The second-order valence-electron chi connectivity index (χ2n) is 15.9. The van der Waals surface area contributed by atoms with Gasteiger partial charge in [0.25, 0.3) is 0 Å². The monoisotopic (exact) mass is 580 g/mol. The van der Waals surface area contributed by atoms with Crippen molar-refractivity contribution < 1.29 is 0 Å². The number of hydrogen-bond donors (Lipinski definition) is 9. The molecule has 9 N–H and O–H groups in total. The zero-order valence-corrected chi connectivity index (χ0v) is 25.4. The Morgan fingerprint density at radius 2 is 0.619 bits per heavy atom. The van der Waals surface area contributed by atoms with Crippen molar-refractivity contribution in [3.05, 3.63) is 0 Å². The molecule has 5 heterocycles. The van der Waals surface area contributed by atoms with Crippen molar-refractivity contribution in [2.75, 3.05) is 0 Å². The van der Waals surface area contributed by atoms with Crippen molar-refractivity contribution in [1.82, 2.24) is 42.5 Å². The van der Waals surface area contributed by atoms with Gasteiger partial charge in [0.05, 0.1) is 55.4 Å². The first-order valence-electron chi connectivity index (χ1n) is 18.2. The summed E-state index contributed by atoms with van der Waals surface area (Å²) in [5, 5.41) is 37.7. The van der Waals surface area contributed by atoms with Crippen molar-refractivity contribution in [3.63, 3.8) is 0 Å². The molecule has 8 bridgehead atoms. The molecule has 0 aromatic rings. The molecule has 9 rings (SSSR count). The van der Waals surface area contributed by atoms with E-state index in [2.05, 4.69) is 47.6 Å². The zero-order valence-electron chi connectivity index (χ0n) is 25.4. The van der Waals surface area contributed by atoms with Gasteiger partial charge >= 0.3 is 0 Å². The molecule has 4 aliphatic carbocycles. The molecule has 0 aromatic heterocycles. The lowest BCUT2D eigenvalue weighted by molar-refractivity contribution is 0.154. The highest BCUT2D eigenvalue weighted by atomic mass is 15.4. The van der Waals surface area contributed by atoms with Gasteiger partial charge in [0.1, 0.15) is 0 Å². The van der Waals surface area contributed by atoms with E-state index in [1.54, 1.807) is 0 Å². The summed E-state index contributed by atoms with van der Waals surface area (Å²) in [7, 11) is 0. The smallest absolute Gasteiger partial charge is 0.0765 e. The van der Waals surface area contributed by atoms with E-state index in [0.717, 1.165) is 6.42 Å². The fraction of sp³-hybridized carbons (Fsp3) is 1.00. The largest absolute Gasteiger partial charge is 0.286 e. The van der Waals surface area contributed by atoms with E-state index in [0.29, 0.717) is 84.3 Å². The van der Waals surface area contributed by atoms with Crippen molar-refractivity contribution in [3.8, 4) is 0 Å². The Bertz CT molecular complexity index is 994. The predicted octanol–water partition coefficient (Wildman–Crippen LogP) is 2.62. The van der Waals surface area contributed by atoms with Gasteiger partial charge in [-0.1, -0.05) is 44.9 Å². The molecule has 9 aliphatic rings. The van der Waals surface area contributed by atoms with Crippen molar-refractivity contribution >= 4 is 0 Å². The molecule has 5 aliphatic heterocycles. The minimum absolute atomic E-state index is 0.122. The Balaban J connectivity index is 1.07. The fourth-order valence-corrected chi connectivity index (χ4v) is 12.2. The third kappa shape index (κ3) is 4.57. The molecule has 17 atom stereocenters. The Morgan fingerprint density at radius 1 is 0.333 bits per heavy atom. The maximum atomic E-state index is 8.14. The Morgan fingerprint density at radius 3 is 0.952 bits per heavy atom. The predicted molar refractivity (Wildman–Crippen MR) is 162 cm³/mol. The summed E-state index contributed by atoms with van der Waals surface area (Å²) in [6.07, 6.45) is 22.2. The van der Waals surface area contributed by atoms with Crippen LogP contribution in [0.15, 0.2) is 5.11 Å². The standard InChI is InChI=1S/C32H56N10/c33-42-23-15-7-14-22-24(23)32-40-30-21-13-6-5-12-20(21)28(38-30)36-26-17-9-2-1-8-16(17)25(34-26)35-27-18-10-3-4-11-19(18)29(37-27)39-31(22)41-32/h16-41H,1-15H2. The number of nitrogens with one attached hydrogen (secondary N) is 9. The van der Waals surface area contributed by atoms with Gasteiger partial charge in [0, 0.05) is 5.92 Å². The summed E-state index contributed by atoms with van der Waals surface area (Å²) in [5.74, 6) is 5.02. The first kappa shape index (κ1) is 27.6. The van der Waals surface area contributed by atoms with E-state index < -0.39 is 0 Å². The van der Waals surface area contributed by atoms with Crippen molar-refractivity contribution in [2.24, 2.45) is 52.5 Å². The van der Waals surface area contributed by atoms with Crippen LogP contribution in [0.25, 0.3) is 0 Å². The van der Waals surface area contributed by atoms with Crippen LogP contribution in [-0.2, 0) is 0 Å². The van der Waals surface area contributed by atoms with Gasteiger partial charge in [0.15, 0.2) is 0 Å². The van der Waals surface area contributed by atoms with Gasteiger partial charge in [-0.25, -0.2) is 5.53 Å². The number of hydrogen-bond acceptors (Lipinski definition) is 10. The van der Waals surface area contributed by atoms with Crippen LogP contribution in [-0.4, -0.2) is 55.4 Å². The Kier molecular flexibility index (Phi) is 7.40. The molecule has 4 saturated carbocycles. The zero-order chi connectivity index (χ0) is 27.8. The molecular weight excluding hydrogens is 524 g/mol. The molecule has 10 nitrogen and oxygen atoms in total. The summed E-state index contributed by atoms with van der Waals surface area (Å²) >= 11 is 0. The molecular formula is C32H56N10. The number of rotatable bonds is 1. The summed E-state index contributed by atoms with van der Waals surface area (Å²) in [4.78, 5) is 0. The first-order chi connectivity index (χ1) is 20.7. The van der Waals surface area contributed by atoms with E-state index in [1.807, 2.05) is 0 Å². The first-order valence-corrected chi connectivity index (χ1v) is 18.2. The van der Waals surface area contributed by atoms with Crippen LogP contribution in [0.5, 0.6) is 0 Å². The van der Waals surface area contributed by atoms with E-state index >= 15 is 0 Å². The lowest BCUT2D eigenvalue weighted by atomic mass is 9.75. The summed E-state index contributed by atoms with van der Waals surface area (Å²) in [6, 6.07) is 0.122. The number of nitrogens with zero attached hydrogens (tertiary/aromatic N) is 1. The summed E-state index contributed by atoms with van der Waals surface area (Å²) in [5.41, 5.74) is 8.14. The maximum absolute atomic E-state index is 8.14. The van der Waals surface area contributed by atoms with Crippen molar-refractivity contribution in [1.29, 1.82) is 5.53 Å². The van der Waals surface area contributed by atoms with Crippen LogP contribution < -0.4 is 42.5 Å². The normalized spacial score (nSPS) is 57.1. The highest BCUT2D eigenvalue weighted by Gasteiger charge is 2.55. The average Bonchev–Trinajstić information content (AvgIpc) is 3.76. The van der Waals surface area contributed by atoms with Crippen LogP contribution in [0.1, 0.15) is 96.3 Å². The Labute approximate surface area is 252 Å². The molecule has 0 spiro atoms. The Hall–Kier alpha value is -0.720. The lowest BCUT2D eigenvalue weighted by Crippen LogP contribution is -2.62. The quantitative estimate of drug-likeness (QED) is 0.216. The third-order valence-corrected chi connectivity index (χ3v) is 14.0. The highest BCUT2D eigenvalue weighted by Crippen LogP contribution is 2.46. The van der Waals surface area contributed by atoms with Crippen LogP contribution >= 0.6 is 0 Å². The van der Waals surface area contributed by atoms with Crippen LogP contribution in [0.4, 0.5) is 0 Å². The van der Waals surface area contributed by atoms with Gasteiger partial charge in [0.2, 0.25) is 0 Å². The van der Waals surface area contributed by atoms with Crippen LogP contribution in [0, 0.1) is 52.9 Å². The fourth-order valence-electron chi connectivity index (χ4n) is 12.2. The van der Waals surface area contributed by atoms with Gasteiger partial charge in [-0.2, -0.15) is 5.11 Å². The van der Waals surface area contributed by atoms with Gasteiger partial charge in [-0.05, 0) is 92.8 Å². The van der Waals surface area contributed by atoms with E-state index in [9.17, 15) is 0 Å². The van der Waals surface area contributed by atoms with Crippen molar-refractivity contribution in [2.45, 2.75) is 152 Å². The molecule has 234 valence electrons. The van der Waals surface area contributed by atoms with Gasteiger partial charge in [-0.3, -0.25) is 42.5 Å². The molecule has 10 heteroatoms. The molecule has 0 radical (unpaired) electrons. The minimum atomic E-state index is 0.122. The number of fused-ring (bicyclic) bond motifs is 20. The SMILES string of the molecule is N=NC1CCCC2C3NC4NC(NC5NC(NC6NC(NC(N3)C12)C1CCCCC61)C1CCCCC51)C1CCCCC41.